The zero-order valence-electron chi connectivity index (χ0n) is 12.4. The van der Waals surface area contributed by atoms with E-state index >= 15 is 0 Å². The summed E-state index contributed by atoms with van der Waals surface area (Å²) < 4.78 is 5.43. The molecule has 0 saturated carbocycles. The molecule has 3 nitrogen and oxygen atoms in total. The van der Waals surface area contributed by atoms with Gasteiger partial charge in [0.25, 0.3) is 0 Å². The number of benzene rings is 3. The number of ether oxygens (including phenoxy) is 1. The molecule has 3 rings (SSSR count). The van der Waals surface area contributed by atoms with Gasteiger partial charge in [0, 0.05) is 5.56 Å². The highest BCUT2D eigenvalue weighted by Gasteiger charge is 2.06. The molecule has 5 heteroatoms. The SMILES string of the molecule is COc1ccc2ccccc2c1C=NNc1ccc(Cl)c(Cl)c1. The van der Waals surface area contributed by atoms with Crippen molar-refractivity contribution in [2.45, 2.75) is 0 Å². The molecule has 0 aliphatic rings. The average molecular weight is 345 g/mol. The van der Waals surface area contributed by atoms with Crippen LogP contribution in [0.2, 0.25) is 10.0 Å². The molecule has 116 valence electrons. The van der Waals surface area contributed by atoms with Crippen LogP contribution in [0, 0.1) is 0 Å². The Balaban J connectivity index is 1.92. The van der Waals surface area contributed by atoms with Crippen LogP contribution in [0.3, 0.4) is 0 Å². The molecule has 3 aromatic carbocycles. The number of fused-ring (bicyclic) bond motifs is 1. The third-order valence-electron chi connectivity index (χ3n) is 3.46. The summed E-state index contributed by atoms with van der Waals surface area (Å²) in [6, 6.07) is 17.3. The molecule has 0 bridgehead atoms. The van der Waals surface area contributed by atoms with Gasteiger partial charge in [0.15, 0.2) is 0 Å². The quantitative estimate of drug-likeness (QED) is 0.493. The van der Waals surface area contributed by atoms with E-state index in [0.29, 0.717) is 10.0 Å². The van der Waals surface area contributed by atoms with Crippen LogP contribution in [-0.2, 0) is 0 Å². The molecule has 1 N–H and O–H groups in total. The number of nitrogens with zero attached hydrogens (tertiary/aromatic N) is 1. The predicted octanol–water partition coefficient (Wildman–Crippen LogP) is 5.60. The van der Waals surface area contributed by atoms with Crippen molar-refractivity contribution in [1.29, 1.82) is 0 Å². The summed E-state index contributed by atoms with van der Waals surface area (Å²) in [7, 11) is 1.65. The molecule has 0 unspecified atom stereocenters. The lowest BCUT2D eigenvalue weighted by molar-refractivity contribution is 0.415. The van der Waals surface area contributed by atoms with Gasteiger partial charge < -0.3 is 4.74 Å². The van der Waals surface area contributed by atoms with Crippen LogP contribution in [0.15, 0.2) is 59.7 Å². The first-order valence-corrected chi connectivity index (χ1v) is 7.74. The first kappa shape index (κ1) is 15.7. The molecule has 0 atom stereocenters. The van der Waals surface area contributed by atoms with Gasteiger partial charge in [0.2, 0.25) is 0 Å². The van der Waals surface area contributed by atoms with E-state index in [2.05, 4.69) is 16.6 Å². The van der Waals surface area contributed by atoms with Crippen LogP contribution in [0.5, 0.6) is 5.75 Å². The Kier molecular flexibility index (Phi) is 4.70. The fourth-order valence-corrected chi connectivity index (χ4v) is 2.62. The molecule has 0 radical (unpaired) electrons. The van der Waals surface area contributed by atoms with E-state index in [1.165, 1.54) is 0 Å². The lowest BCUT2D eigenvalue weighted by Crippen LogP contribution is -1.95. The van der Waals surface area contributed by atoms with Crippen molar-refractivity contribution in [2.24, 2.45) is 5.10 Å². The van der Waals surface area contributed by atoms with Crippen molar-refractivity contribution in [1.82, 2.24) is 0 Å². The minimum atomic E-state index is 0.481. The molecule has 3 aromatic rings. The summed E-state index contributed by atoms with van der Waals surface area (Å²) in [4.78, 5) is 0. The smallest absolute Gasteiger partial charge is 0.128 e. The van der Waals surface area contributed by atoms with Gasteiger partial charge in [0.1, 0.15) is 5.75 Å². The van der Waals surface area contributed by atoms with Crippen LogP contribution in [-0.4, -0.2) is 13.3 Å². The molecule has 0 aliphatic heterocycles. The monoisotopic (exact) mass is 344 g/mol. The molecule has 0 amide bonds. The van der Waals surface area contributed by atoms with E-state index in [-0.39, 0.29) is 0 Å². The van der Waals surface area contributed by atoms with E-state index in [1.807, 2.05) is 36.4 Å². The first-order valence-electron chi connectivity index (χ1n) is 6.99. The van der Waals surface area contributed by atoms with E-state index in [9.17, 15) is 0 Å². The summed E-state index contributed by atoms with van der Waals surface area (Å²) in [6.45, 7) is 0. The van der Waals surface area contributed by atoms with Crippen LogP contribution < -0.4 is 10.2 Å². The molecular weight excluding hydrogens is 331 g/mol. The molecule has 0 spiro atoms. The Morgan fingerprint density at radius 1 is 1.00 bits per heavy atom. The summed E-state index contributed by atoms with van der Waals surface area (Å²) in [5.74, 6) is 0.767. The van der Waals surface area contributed by atoms with E-state index in [1.54, 1.807) is 25.5 Å². The zero-order valence-corrected chi connectivity index (χ0v) is 13.9. The number of hydrogen-bond donors (Lipinski definition) is 1. The van der Waals surface area contributed by atoms with Gasteiger partial charge in [-0.15, -0.1) is 0 Å². The third-order valence-corrected chi connectivity index (χ3v) is 4.20. The molecular formula is C18H14Cl2N2O. The van der Waals surface area contributed by atoms with Crippen molar-refractivity contribution in [2.75, 3.05) is 12.5 Å². The van der Waals surface area contributed by atoms with Gasteiger partial charge in [-0.05, 0) is 35.0 Å². The predicted molar refractivity (Wildman–Crippen MR) is 98.2 cm³/mol. The topological polar surface area (TPSA) is 33.6 Å². The normalized spacial score (nSPS) is 11.1. The van der Waals surface area contributed by atoms with Gasteiger partial charge in [-0.1, -0.05) is 53.5 Å². The molecule has 23 heavy (non-hydrogen) atoms. The second kappa shape index (κ2) is 6.90. The number of halogens is 2. The molecule has 0 heterocycles. The highest BCUT2D eigenvalue weighted by atomic mass is 35.5. The van der Waals surface area contributed by atoms with E-state index in [4.69, 9.17) is 27.9 Å². The summed E-state index contributed by atoms with van der Waals surface area (Å²) in [6.07, 6.45) is 1.74. The van der Waals surface area contributed by atoms with Gasteiger partial charge in [-0.25, -0.2) is 0 Å². The minimum absolute atomic E-state index is 0.481. The number of methoxy groups -OCH3 is 1. The number of nitrogens with one attached hydrogen (secondary N) is 1. The number of hydrogen-bond acceptors (Lipinski definition) is 3. The maximum atomic E-state index is 5.99. The number of rotatable bonds is 4. The molecule has 0 aromatic heterocycles. The Hall–Kier alpha value is -2.23. The fourth-order valence-electron chi connectivity index (χ4n) is 2.32. The van der Waals surface area contributed by atoms with Crippen LogP contribution in [0.1, 0.15) is 5.56 Å². The third kappa shape index (κ3) is 3.41. The van der Waals surface area contributed by atoms with Gasteiger partial charge in [0.05, 0.1) is 29.1 Å². The van der Waals surface area contributed by atoms with E-state index in [0.717, 1.165) is 27.8 Å². The molecule has 0 aliphatic carbocycles. The first-order chi connectivity index (χ1) is 11.2. The van der Waals surface area contributed by atoms with Gasteiger partial charge >= 0.3 is 0 Å². The average Bonchev–Trinajstić information content (AvgIpc) is 2.58. The lowest BCUT2D eigenvalue weighted by atomic mass is 10.0. The largest absolute Gasteiger partial charge is 0.496 e. The standard InChI is InChI=1S/C18H14Cl2N2O/c1-23-18-9-6-12-4-2-3-5-14(12)15(18)11-21-22-13-7-8-16(19)17(20)10-13/h2-11,22H,1H3. The van der Waals surface area contributed by atoms with Crippen LogP contribution >= 0.6 is 23.2 Å². The minimum Gasteiger partial charge on any atom is -0.496 e. The number of anilines is 1. The highest BCUT2D eigenvalue weighted by molar-refractivity contribution is 6.42. The summed E-state index contributed by atoms with van der Waals surface area (Å²) in [5, 5.41) is 7.48. The Labute approximate surface area is 144 Å². The Morgan fingerprint density at radius 2 is 1.83 bits per heavy atom. The van der Waals surface area contributed by atoms with Gasteiger partial charge in [-0.3, -0.25) is 5.43 Å². The summed E-state index contributed by atoms with van der Waals surface area (Å²) >= 11 is 11.9. The summed E-state index contributed by atoms with van der Waals surface area (Å²) in [5.41, 5.74) is 4.62. The zero-order chi connectivity index (χ0) is 16.2. The van der Waals surface area contributed by atoms with Crippen molar-refractivity contribution in [3.8, 4) is 5.75 Å². The maximum Gasteiger partial charge on any atom is 0.128 e. The maximum absolute atomic E-state index is 5.99. The fraction of sp³-hybridized carbons (Fsp3) is 0.0556. The van der Waals surface area contributed by atoms with Gasteiger partial charge in [-0.2, -0.15) is 5.10 Å². The van der Waals surface area contributed by atoms with Crippen molar-refractivity contribution >= 4 is 45.9 Å². The van der Waals surface area contributed by atoms with Crippen LogP contribution in [0.25, 0.3) is 10.8 Å². The second-order valence-corrected chi connectivity index (χ2v) is 5.72. The number of hydrazone groups is 1. The highest BCUT2D eigenvalue weighted by Crippen LogP contribution is 2.27. The molecule has 0 fully saturated rings. The van der Waals surface area contributed by atoms with Crippen molar-refractivity contribution in [3.63, 3.8) is 0 Å². The lowest BCUT2D eigenvalue weighted by Gasteiger charge is -2.08. The molecule has 0 saturated heterocycles. The Morgan fingerprint density at radius 3 is 2.61 bits per heavy atom. The second-order valence-electron chi connectivity index (χ2n) is 4.90. The van der Waals surface area contributed by atoms with Crippen LogP contribution in [0.4, 0.5) is 5.69 Å². The Bertz CT molecular complexity index is 878. The van der Waals surface area contributed by atoms with Crippen molar-refractivity contribution in [3.05, 3.63) is 70.2 Å². The van der Waals surface area contributed by atoms with Crippen molar-refractivity contribution < 1.29 is 4.74 Å². The van der Waals surface area contributed by atoms with E-state index < -0.39 is 0 Å².